The fourth-order valence-electron chi connectivity index (χ4n) is 5.27. The van der Waals surface area contributed by atoms with Crippen molar-refractivity contribution in [3.63, 3.8) is 0 Å². The predicted molar refractivity (Wildman–Crippen MR) is 136 cm³/mol. The summed E-state index contributed by atoms with van der Waals surface area (Å²) in [4.78, 5) is 7.34. The van der Waals surface area contributed by atoms with E-state index < -0.39 is 5.82 Å². The zero-order valence-corrected chi connectivity index (χ0v) is 21.0. The lowest BCUT2D eigenvalue weighted by molar-refractivity contribution is -0.0621. The Bertz CT molecular complexity index is 1110. The Morgan fingerprint density at radius 2 is 2.09 bits per heavy atom. The molecule has 35 heavy (non-hydrogen) atoms. The third kappa shape index (κ3) is 5.72. The first-order chi connectivity index (χ1) is 17.0. The second-order valence-electron chi connectivity index (χ2n) is 10.0. The van der Waals surface area contributed by atoms with E-state index in [1.807, 2.05) is 30.0 Å². The number of aromatic nitrogens is 1. The van der Waals surface area contributed by atoms with E-state index in [-0.39, 0.29) is 11.4 Å². The Morgan fingerprint density at radius 1 is 1.26 bits per heavy atom. The summed E-state index contributed by atoms with van der Waals surface area (Å²) in [5, 5.41) is 11.2. The van der Waals surface area contributed by atoms with Gasteiger partial charge in [-0.15, -0.1) is 11.8 Å². The Kier molecular flexibility index (Phi) is 7.43. The van der Waals surface area contributed by atoms with E-state index in [0.717, 1.165) is 51.2 Å². The summed E-state index contributed by atoms with van der Waals surface area (Å²) >= 11 is 1.98. The van der Waals surface area contributed by atoms with Gasteiger partial charge >= 0.3 is 0 Å². The van der Waals surface area contributed by atoms with Crippen molar-refractivity contribution in [3.8, 4) is 11.9 Å². The summed E-state index contributed by atoms with van der Waals surface area (Å²) < 4.78 is 25.9. The highest BCUT2D eigenvalue weighted by molar-refractivity contribution is 8.03. The van der Waals surface area contributed by atoms with Crippen molar-refractivity contribution in [1.82, 2.24) is 9.88 Å². The van der Waals surface area contributed by atoms with Gasteiger partial charge in [0.25, 0.3) is 0 Å². The standard InChI is InChI=1S/C28H32FN3O2S/c1-28(23(10-14-35-28)16-24-9-13-33-24)19-32-11-7-21(8-12-32)26-3-2-4-27(31-26)34-18-22-6-5-20(17-30)15-25(22)29/h2-6,10,14-15,21,23-24H,7-9,11-13,16,18-19H2,1H3/t23-,24-,28-/m1/s1. The van der Waals surface area contributed by atoms with Crippen LogP contribution in [0, 0.1) is 23.1 Å². The molecule has 4 heterocycles. The van der Waals surface area contributed by atoms with Crippen LogP contribution in [0.2, 0.25) is 0 Å². The van der Waals surface area contributed by atoms with Gasteiger partial charge in [-0.3, -0.25) is 0 Å². The number of pyridine rings is 1. The average molecular weight is 494 g/mol. The molecule has 5 nitrogen and oxygen atoms in total. The number of likely N-dealkylation sites (tertiary alicyclic amines) is 1. The SMILES string of the molecule is C[C@]1(CN2CCC(c3cccc(OCc4ccc(C#N)cc4F)n3)CC2)SC=C[C@@H]1C[C@H]1CCO1. The molecule has 1 aromatic carbocycles. The van der Waals surface area contributed by atoms with Crippen molar-refractivity contribution >= 4 is 11.8 Å². The number of piperidine rings is 1. The molecule has 0 radical (unpaired) electrons. The van der Waals surface area contributed by atoms with E-state index in [2.05, 4.69) is 29.4 Å². The van der Waals surface area contributed by atoms with E-state index in [1.165, 1.54) is 12.5 Å². The lowest BCUT2D eigenvalue weighted by Gasteiger charge is -2.41. The fraction of sp³-hybridized carbons (Fsp3) is 0.500. The molecular formula is C28H32FN3O2S. The van der Waals surface area contributed by atoms with Crippen LogP contribution in [-0.2, 0) is 11.3 Å². The minimum Gasteiger partial charge on any atom is -0.473 e. The molecule has 5 rings (SSSR count). The highest BCUT2D eigenvalue weighted by Crippen LogP contribution is 2.45. The molecule has 0 N–H and O–H groups in total. The molecule has 0 unspecified atom stereocenters. The van der Waals surface area contributed by atoms with Crippen molar-refractivity contribution in [2.45, 2.75) is 56.0 Å². The molecule has 3 aliphatic heterocycles. The summed E-state index contributed by atoms with van der Waals surface area (Å²) in [5.74, 6) is 1.06. The normalized spacial score (nSPS) is 26.9. The Labute approximate surface area is 211 Å². The van der Waals surface area contributed by atoms with Crippen LogP contribution in [0.15, 0.2) is 47.9 Å². The van der Waals surface area contributed by atoms with Gasteiger partial charge in [0.05, 0.1) is 17.7 Å². The molecule has 0 spiro atoms. The van der Waals surface area contributed by atoms with Crippen LogP contribution in [0.5, 0.6) is 5.88 Å². The van der Waals surface area contributed by atoms with E-state index in [0.29, 0.717) is 34.9 Å². The van der Waals surface area contributed by atoms with E-state index in [4.69, 9.17) is 19.7 Å². The molecule has 0 aliphatic carbocycles. The van der Waals surface area contributed by atoms with Crippen LogP contribution in [0.3, 0.4) is 0 Å². The molecule has 0 amide bonds. The second-order valence-corrected chi connectivity index (χ2v) is 11.5. The first kappa shape index (κ1) is 24.3. The maximum atomic E-state index is 14.2. The minimum atomic E-state index is -0.431. The van der Waals surface area contributed by atoms with Crippen LogP contribution in [-0.4, -0.2) is 47.0 Å². The monoisotopic (exact) mass is 493 g/mol. The Balaban J connectivity index is 1.13. The van der Waals surface area contributed by atoms with Gasteiger partial charge in [-0.1, -0.05) is 18.2 Å². The van der Waals surface area contributed by atoms with Gasteiger partial charge in [0.2, 0.25) is 5.88 Å². The number of rotatable bonds is 8. The van der Waals surface area contributed by atoms with Crippen molar-refractivity contribution in [2.24, 2.45) is 5.92 Å². The first-order valence-corrected chi connectivity index (χ1v) is 13.4. The fourth-order valence-corrected chi connectivity index (χ4v) is 6.46. The first-order valence-electron chi connectivity index (χ1n) is 12.5. The number of hydrogen-bond acceptors (Lipinski definition) is 6. The summed E-state index contributed by atoms with van der Waals surface area (Å²) in [6, 6.07) is 12.2. The highest BCUT2D eigenvalue weighted by atomic mass is 32.2. The van der Waals surface area contributed by atoms with Gasteiger partial charge in [0.1, 0.15) is 12.4 Å². The quantitative estimate of drug-likeness (QED) is 0.473. The molecule has 0 bridgehead atoms. The third-order valence-corrected chi connectivity index (χ3v) is 8.85. The summed E-state index contributed by atoms with van der Waals surface area (Å²) in [7, 11) is 0. The zero-order chi connectivity index (χ0) is 24.3. The molecule has 184 valence electrons. The minimum absolute atomic E-state index is 0.0871. The highest BCUT2D eigenvalue weighted by Gasteiger charge is 2.40. The number of nitriles is 1. The van der Waals surface area contributed by atoms with Crippen LogP contribution in [0.1, 0.15) is 55.3 Å². The van der Waals surface area contributed by atoms with Crippen LogP contribution in [0.4, 0.5) is 4.39 Å². The molecular weight excluding hydrogens is 461 g/mol. The van der Waals surface area contributed by atoms with Gasteiger partial charge in [0, 0.05) is 41.1 Å². The van der Waals surface area contributed by atoms with Crippen LogP contribution in [0.25, 0.3) is 0 Å². The van der Waals surface area contributed by atoms with Gasteiger partial charge < -0.3 is 14.4 Å². The zero-order valence-electron chi connectivity index (χ0n) is 20.2. The maximum absolute atomic E-state index is 14.2. The molecule has 0 saturated carbocycles. The van der Waals surface area contributed by atoms with E-state index in [9.17, 15) is 4.39 Å². The van der Waals surface area contributed by atoms with Crippen molar-refractivity contribution in [1.29, 1.82) is 5.26 Å². The Hall–Kier alpha value is -2.40. The predicted octanol–water partition coefficient (Wildman–Crippen LogP) is 5.67. The Morgan fingerprint density at radius 3 is 2.80 bits per heavy atom. The van der Waals surface area contributed by atoms with Crippen molar-refractivity contribution in [2.75, 3.05) is 26.2 Å². The van der Waals surface area contributed by atoms with E-state index >= 15 is 0 Å². The van der Waals surface area contributed by atoms with Crippen molar-refractivity contribution in [3.05, 3.63) is 70.5 Å². The topological polar surface area (TPSA) is 58.4 Å². The number of halogens is 1. The van der Waals surface area contributed by atoms with E-state index in [1.54, 1.807) is 12.1 Å². The summed E-state index contributed by atoms with van der Waals surface area (Å²) in [5.41, 5.74) is 1.77. The van der Waals surface area contributed by atoms with Crippen LogP contribution < -0.4 is 4.74 Å². The molecule has 7 heteroatoms. The third-order valence-electron chi connectivity index (χ3n) is 7.59. The maximum Gasteiger partial charge on any atom is 0.213 e. The number of thioether (sulfide) groups is 1. The van der Waals surface area contributed by atoms with Crippen LogP contribution >= 0.6 is 11.8 Å². The summed E-state index contributed by atoms with van der Waals surface area (Å²) in [6.45, 7) is 6.65. The van der Waals surface area contributed by atoms with Crippen molar-refractivity contribution < 1.29 is 13.9 Å². The second kappa shape index (κ2) is 10.7. The number of allylic oxidation sites excluding steroid dienone is 1. The largest absolute Gasteiger partial charge is 0.473 e. The van der Waals surface area contributed by atoms with Gasteiger partial charge in [-0.25, -0.2) is 9.37 Å². The summed E-state index contributed by atoms with van der Waals surface area (Å²) in [6.07, 6.45) is 7.32. The van der Waals surface area contributed by atoms with Gasteiger partial charge in [0.15, 0.2) is 0 Å². The number of benzene rings is 1. The number of hydrogen-bond donors (Lipinski definition) is 0. The average Bonchev–Trinajstić information content (AvgIpc) is 3.20. The lowest BCUT2D eigenvalue weighted by atomic mass is 9.85. The number of nitrogens with zero attached hydrogens (tertiary/aromatic N) is 3. The molecule has 2 fully saturated rings. The smallest absolute Gasteiger partial charge is 0.213 e. The number of ether oxygens (including phenoxy) is 2. The molecule has 2 saturated heterocycles. The van der Waals surface area contributed by atoms with Gasteiger partial charge in [-0.2, -0.15) is 5.26 Å². The molecule has 1 aromatic heterocycles. The molecule has 3 atom stereocenters. The lowest BCUT2D eigenvalue weighted by Crippen LogP contribution is -2.46. The molecule has 3 aliphatic rings. The van der Waals surface area contributed by atoms with Gasteiger partial charge in [-0.05, 0) is 75.2 Å². The molecule has 2 aromatic rings.